The van der Waals surface area contributed by atoms with Gasteiger partial charge in [-0.1, -0.05) is 23.7 Å². The fraction of sp³-hybridized carbons (Fsp3) is 0.200. The number of halogens is 1. The molecule has 0 saturated heterocycles. The van der Waals surface area contributed by atoms with Gasteiger partial charge in [0.05, 0.1) is 0 Å². The predicted octanol–water partition coefficient (Wildman–Crippen LogP) is 2.50. The van der Waals surface area contributed by atoms with Gasteiger partial charge in [-0.25, -0.2) is 0 Å². The third-order valence-corrected chi connectivity index (χ3v) is 2.17. The first kappa shape index (κ1) is 10.1. The van der Waals surface area contributed by atoms with Gasteiger partial charge in [-0.3, -0.25) is 0 Å². The Bertz CT molecular complexity index is 310. The van der Waals surface area contributed by atoms with Crippen molar-refractivity contribution >= 4 is 17.3 Å². The zero-order valence-corrected chi connectivity index (χ0v) is 8.09. The summed E-state index contributed by atoms with van der Waals surface area (Å²) >= 11 is 5.97. The lowest BCUT2D eigenvalue weighted by atomic mass is 10.0. The van der Waals surface area contributed by atoms with Crippen LogP contribution in [0.15, 0.2) is 30.9 Å². The topological polar surface area (TPSA) is 52.0 Å². The highest BCUT2D eigenvalue weighted by molar-refractivity contribution is 6.31. The van der Waals surface area contributed by atoms with Gasteiger partial charge in [-0.2, -0.15) is 0 Å². The Morgan fingerprint density at radius 2 is 2.23 bits per heavy atom. The molecule has 0 aromatic heterocycles. The number of rotatable bonds is 3. The zero-order chi connectivity index (χ0) is 9.84. The van der Waals surface area contributed by atoms with E-state index in [4.69, 9.17) is 23.1 Å². The molecule has 1 aromatic carbocycles. The van der Waals surface area contributed by atoms with Crippen LogP contribution in [0.5, 0.6) is 0 Å². The van der Waals surface area contributed by atoms with Crippen LogP contribution in [0.4, 0.5) is 5.69 Å². The van der Waals surface area contributed by atoms with Crippen LogP contribution >= 0.6 is 11.6 Å². The van der Waals surface area contributed by atoms with E-state index in [1.807, 2.05) is 6.07 Å². The summed E-state index contributed by atoms with van der Waals surface area (Å²) in [5, 5.41) is 0.620. The summed E-state index contributed by atoms with van der Waals surface area (Å²) in [6.07, 6.45) is 2.49. The van der Waals surface area contributed by atoms with Crippen LogP contribution in [-0.4, -0.2) is 0 Å². The van der Waals surface area contributed by atoms with Crippen molar-refractivity contribution in [2.24, 2.45) is 5.73 Å². The van der Waals surface area contributed by atoms with E-state index in [-0.39, 0.29) is 6.04 Å². The second-order valence-electron chi connectivity index (χ2n) is 2.91. The van der Waals surface area contributed by atoms with E-state index in [2.05, 4.69) is 6.58 Å². The molecule has 0 spiro atoms. The van der Waals surface area contributed by atoms with Gasteiger partial charge >= 0.3 is 0 Å². The van der Waals surface area contributed by atoms with Gasteiger partial charge in [-0.15, -0.1) is 6.58 Å². The summed E-state index contributed by atoms with van der Waals surface area (Å²) in [5.74, 6) is 0. The number of benzene rings is 1. The fourth-order valence-corrected chi connectivity index (χ4v) is 1.48. The molecule has 0 aliphatic carbocycles. The standard InChI is InChI=1S/C10H13ClN2/c1-2-3-10(13)8-5-4-7(12)6-9(8)11/h2,4-6,10H,1,3,12-13H2/t10-/m1/s1. The zero-order valence-electron chi connectivity index (χ0n) is 7.33. The third kappa shape index (κ3) is 2.47. The van der Waals surface area contributed by atoms with E-state index in [9.17, 15) is 0 Å². The third-order valence-electron chi connectivity index (χ3n) is 1.84. The number of hydrogen-bond acceptors (Lipinski definition) is 2. The van der Waals surface area contributed by atoms with E-state index >= 15 is 0 Å². The van der Waals surface area contributed by atoms with Crippen molar-refractivity contribution < 1.29 is 0 Å². The molecular weight excluding hydrogens is 184 g/mol. The van der Waals surface area contributed by atoms with Crippen molar-refractivity contribution in [3.05, 3.63) is 41.4 Å². The molecule has 70 valence electrons. The molecule has 0 fully saturated rings. The Kier molecular flexibility index (Phi) is 3.34. The maximum absolute atomic E-state index is 5.97. The Hall–Kier alpha value is -0.990. The van der Waals surface area contributed by atoms with Crippen molar-refractivity contribution in [1.82, 2.24) is 0 Å². The van der Waals surface area contributed by atoms with Gasteiger partial charge < -0.3 is 11.5 Å². The Balaban J connectivity index is 2.94. The molecule has 3 heteroatoms. The van der Waals surface area contributed by atoms with Crippen LogP contribution in [0.25, 0.3) is 0 Å². The van der Waals surface area contributed by atoms with Crippen molar-refractivity contribution in [1.29, 1.82) is 0 Å². The van der Waals surface area contributed by atoms with E-state index in [1.54, 1.807) is 18.2 Å². The normalized spacial score (nSPS) is 12.5. The highest BCUT2D eigenvalue weighted by Gasteiger charge is 2.07. The molecule has 0 saturated carbocycles. The number of hydrogen-bond donors (Lipinski definition) is 2. The van der Waals surface area contributed by atoms with Gasteiger partial charge in [-0.05, 0) is 24.1 Å². The quantitative estimate of drug-likeness (QED) is 0.577. The summed E-state index contributed by atoms with van der Waals surface area (Å²) in [5.41, 5.74) is 13.0. The molecule has 0 unspecified atom stereocenters. The minimum Gasteiger partial charge on any atom is -0.399 e. The molecule has 2 nitrogen and oxygen atoms in total. The molecular formula is C10H13ClN2. The first-order valence-electron chi connectivity index (χ1n) is 4.06. The molecule has 4 N–H and O–H groups in total. The minimum atomic E-state index is -0.0920. The van der Waals surface area contributed by atoms with Crippen LogP contribution < -0.4 is 11.5 Å². The molecule has 0 heterocycles. The number of nitrogens with two attached hydrogens (primary N) is 2. The molecule has 0 amide bonds. The van der Waals surface area contributed by atoms with Crippen LogP contribution in [0.1, 0.15) is 18.0 Å². The lowest BCUT2D eigenvalue weighted by Crippen LogP contribution is -2.09. The Morgan fingerprint density at radius 3 is 2.77 bits per heavy atom. The SMILES string of the molecule is C=CC[C@@H](N)c1ccc(N)cc1Cl. The predicted molar refractivity (Wildman–Crippen MR) is 57.6 cm³/mol. The largest absolute Gasteiger partial charge is 0.399 e. The van der Waals surface area contributed by atoms with Crippen molar-refractivity contribution in [2.75, 3.05) is 5.73 Å². The van der Waals surface area contributed by atoms with Crippen molar-refractivity contribution in [3.8, 4) is 0 Å². The molecule has 0 aliphatic rings. The highest BCUT2D eigenvalue weighted by Crippen LogP contribution is 2.25. The average Bonchev–Trinajstić information content (AvgIpc) is 2.04. The van der Waals surface area contributed by atoms with Crippen LogP contribution in [0.3, 0.4) is 0 Å². The number of anilines is 1. The summed E-state index contributed by atoms with van der Waals surface area (Å²) in [6, 6.07) is 5.26. The molecule has 13 heavy (non-hydrogen) atoms. The molecule has 0 bridgehead atoms. The van der Waals surface area contributed by atoms with Crippen LogP contribution in [0, 0.1) is 0 Å². The average molecular weight is 197 g/mol. The minimum absolute atomic E-state index is 0.0920. The highest BCUT2D eigenvalue weighted by atomic mass is 35.5. The van der Waals surface area contributed by atoms with Crippen molar-refractivity contribution in [2.45, 2.75) is 12.5 Å². The Labute approximate surface area is 83.2 Å². The van der Waals surface area contributed by atoms with E-state index in [1.165, 1.54) is 0 Å². The second-order valence-corrected chi connectivity index (χ2v) is 3.32. The smallest absolute Gasteiger partial charge is 0.0474 e. The summed E-state index contributed by atoms with van der Waals surface area (Å²) < 4.78 is 0. The molecule has 1 rings (SSSR count). The van der Waals surface area contributed by atoms with Gasteiger partial charge in [0.25, 0.3) is 0 Å². The lowest BCUT2D eigenvalue weighted by Gasteiger charge is -2.11. The molecule has 0 radical (unpaired) electrons. The summed E-state index contributed by atoms with van der Waals surface area (Å²) in [4.78, 5) is 0. The summed E-state index contributed by atoms with van der Waals surface area (Å²) in [6.45, 7) is 3.63. The van der Waals surface area contributed by atoms with Gasteiger partial charge in [0.1, 0.15) is 0 Å². The fourth-order valence-electron chi connectivity index (χ4n) is 1.15. The van der Waals surface area contributed by atoms with Gasteiger partial charge in [0.15, 0.2) is 0 Å². The molecule has 1 aromatic rings. The van der Waals surface area contributed by atoms with E-state index < -0.39 is 0 Å². The lowest BCUT2D eigenvalue weighted by molar-refractivity contribution is 0.742. The Morgan fingerprint density at radius 1 is 1.54 bits per heavy atom. The van der Waals surface area contributed by atoms with E-state index in [0.29, 0.717) is 17.1 Å². The first-order chi connectivity index (χ1) is 6.15. The van der Waals surface area contributed by atoms with Gasteiger partial charge in [0, 0.05) is 16.8 Å². The number of nitrogen functional groups attached to an aromatic ring is 1. The van der Waals surface area contributed by atoms with Gasteiger partial charge in [0.2, 0.25) is 0 Å². The first-order valence-corrected chi connectivity index (χ1v) is 4.44. The van der Waals surface area contributed by atoms with Crippen LogP contribution in [-0.2, 0) is 0 Å². The second kappa shape index (κ2) is 4.30. The van der Waals surface area contributed by atoms with E-state index in [0.717, 1.165) is 5.56 Å². The monoisotopic (exact) mass is 196 g/mol. The molecule has 1 atom stereocenters. The maximum Gasteiger partial charge on any atom is 0.0474 e. The maximum atomic E-state index is 5.97. The molecule has 0 aliphatic heterocycles. The summed E-state index contributed by atoms with van der Waals surface area (Å²) in [7, 11) is 0. The van der Waals surface area contributed by atoms with Crippen LogP contribution in [0.2, 0.25) is 5.02 Å². The van der Waals surface area contributed by atoms with Crippen molar-refractivity contribution in [3.63, 3.8) is 0 Å².